The van der Waals surface area contributed by atoms with Gasteiger partial charge in [0.15, 0.2) is 3.77 Å². The van der Waals surface area contributed by atoms with Gasteiger partial charge in [0, 0.05) is 15.6 Å². The Hall–Kier alpha value is -0.486. The third-order valence-electron chi connectivity index (χ3n) is 8.11. The second kappa shape index (κ2) is 10.9. The number of rotatable bonds is 6. The van der Waals surface area contributed by atoms with Crippen molar-refractivity contribution in [2.75, 3.05) is 6.61 Å². The molecule has 0 bridgehead atoms. The molecule has 1 aromatic heterocycles. The highest BCUT2D eigenvalue weighted by molar-refractivity contribution is 14.1. The van der Waals surface area contributed by atoms with Gasteiger partial charge in [-0.2, -0.15) is 0 Å². The molecular weight excluding hydrogens is 595 g/mol. The van der Waals surface area contributed by atoms with E-state index in [-0.39, 0.29) is 21.2 Å². The molecule has 0 aromatic carbocycles. The van der Waals surface area contributed by atoms with E-state index in [1.54, 1.807) is 0 Å². The van der Waals surface area contributed by atoms with Crippen LogP contribution in [0.15, 0.2) is 27.7 Å². The fourth-order valence-electron chi connectivity index (χ4n) is 5.20. The average molecular weight is 645 g/mol. The molecule has 1 aliphatic heterocycles. The quantitative estimate of drug-likeness (QED) is 0.102. The van der Waals surface area contributed by atoms with Crippen LogP contribution in [-0.2, 0) is 13.6 Å². The molecule has 0 fully saturated rings. The first kappa shape index (κ1) is 31.7. The molecule has 2 heterocycles. The van der Waals surface area contributed by atoms with Crippen molar-refractivity contribution in [1.82, 2.24) is 0 Å². The maximum Gasteiger partial charge on any atom is 0.350 e. The fraction of sp³-hybridized carbons (Fsp3) is 0.690. The topological polar surface area (TPSA) is 48.7 Å². The van der Waals surface area contributed by atoms with Crippen LogP contribution in [0.5, 0.6) is 0 Å². The first-order valence-corrected chi connectivity index (χ1v) is 19.0. The molecule has 0 spiro atoms. The summed E-state index contributed by atoms with van der Waals surface area (Å²) in [6.45, 7) is 30.0. The predicted octanol–water partition coefficient (Wildman–Crippen LogP) is 8.89. The largest absolute Gasteiger partial charge is 0.460 e. The van der Waals surface area contributed by atoms with Crippen LogP contribution in [0.1, 0.15) is 99.3 Å². The highest BCUT2D eigenvalue weighted by Crippen LogP contribution is 2.55. The summed E-state index contributed by atoms with van der Waals surface area (Å²) < 4.78 is 21.7. The standard InChI is InChI=1S/C29H49IO4Si2/c1-20(18-31)15-14-16-22-17-23(34-36(32-19-22,28(6,7)8)29(9,10)11)24-21(2)26(33-25(24)30)35(12,13)27(3,4)5/h15,17-18,23H,14,16,19H2,1-13H3/b20-15+. The summed E-state index contributed by atoms with van der Waals surface area (Å²) in [6, 6.07) is 0. The van der Waals surface area contributed by atoms with E-state index >= 15 is 0 Å². The van der Waals surface area contributed by atoms with Crippen molar-refractivity contribution in [3.05, 3.63) is 38.2 Å². The van der Waals surface area contributed by atoms with Crippen molar-refractivity contribution in [2.45, 2.75) is 123 Å². The van der Waals surface area contributed by atoms with Gasteiger partial charge in [-0.3, -0.25) is 4.79 Å². The summed E-state index contributed by atoms with van der Waals surface area (Å²) in [7, 11) is -4.65. The van der Waals surface area contributed by atoms with Crippen LogP contribution in [0.4, 0.5) is 0 Å². The molecule has 0 saturated carbocycles. The zero-order valence-electron chi connectivity index (χ0n) is 24.9. The van der Waals surface area contributed by atoms with Crippen molar-refractivity contribution in [3.63, 3.8) is 0 Å². The Morgan fingerprint density at radius 2 is 1.67 bits per heavy atom. The van der Waals surface area contributed by atoms with Gasteiger partial charge in [-0.25, -0.2) is 0 Å². The second-order valence-electron chi connectivity index (χ2n) is 14.0. The molecule has 0 aliphatic carbocycles. The molecule has 2 rings (SSSR count). The van der Waals surface area contributed by atoms with Crippen LogP contribution in [0, 0.1) is 10.7 Å². The van der Waals surface area contributed by atoms with Gasteiger partial charge in [0.25, 0.3) is 0 Å². The number of hydrogen-bond donors (Lipinski definition) is 0. The van der Waals surface area contributed by atoms with E-state index in [9.17, 15) is 4.79 Å². The lowest BCUT2D eigenvalue weighted by atomic mass is 10.0. The summed E-state index contributed by atoms with van der Waals surface area (Å²) >= 11 is 2.37. The molecule has 0 saturated heterocycles. The van der Waals surface area contributed by atoms with Crippen LogP contribution in [0.25, 0.3) is 0 Å². The number of hydrogen-bond acceptors (Lipinski definition) is 4. The van der Waals surface area contributed by atoms with E-state index in [4.69, 9.17) is 13.3 Å². The number of allylic oxidation sites excluding steroid dienone is 2. The summed E-state index contributed by atoms with van der Waals surface area (Å²) in [4.78, 5) is 11.1. The van der Waals surface area contributed by atoms with Gasteiger partial charge in [-0.15, -0.1) is 0 Å². The van der Waals surface area contributed by atoms with Crippen LogP contribution >= 0.6 is 22.6 Å². The first-order chi connectivity index (χ1) is 16.2. The number of carbonyl (C=O) groups excluding carboxylic acids is 1. The minimum atomic E-state index is -2.77. The van der Waals surface area contributed by atoms with Crippen LogP contribution in [0.2, 0.25) is 28.2 Å². The maximum absolute atomic E-state index is 11.1. The Bertz CT molecular complexity index is 1000. The molecule has 7 heteroatoms. The van der Waals surface area contributed by atoms with Gasteiger partial charge < -0.3 is 13.3 Å². The van der Waals surface area contributed by atoms with Gasteiger partial charge >= 0.3 is 8.56 Å². The van der Waals surface area contributed by atoms with Crippen LogP contribution < -0.4 is 5.38 Å². The van der Waals surface area contributed by atoms with Crippen molar-refractivity contribution in [3.8, 4) is 0 Å². The summed E-state index contributed by atoms with van der Waals surface area (Å²) in [5, 5.41) is 1.07. The molecule has 1 aromatic rings. The second-order valence-corrected chi connectivity index (χ2v) is 24.9. The van der Waals surface area contributed by atoms with Gasteiger partial charge in [0.2, 0.25) is 0 Å². The minimum Gasteiger partial charge on any atom is -0.460 e. The normalized spacial score (nSPS) is 20.2. The molecule has 0 N–H and O–H groups in total. The molecule has 1 unspecified atom stereocenters. The minimum absolute atomic E-state index is 0.133. The van der Waals surface area contributed by atoms with E-state index in [2.05, 4.69) is 111 Å². The smallest absolute Gasteiger partial charge is 0.350 e. The molecule has 204 valence electrons. The van der Waals surface area contributed by atoms with E-state index < -0.39 is 16.6 Å². The summed E-state index contributed by atoms with van der Waals surface area (Å²) in [6.07, 6.45) is 6.63. The lowest BCUT2D eigenvalue weighted by molar-refractivity contribution is -0.104. The molecular formula is C29H49IO4Si2. The van der Waals surface area contributed by atoms with E-state index in [1.165, 1.54) is 16.5 Å². The first-order valence-electron chi connectivity index (χ1n) is 13.1. The third-order valence-corrected chi connectivity index (χ3v) is 19.4. The SMILES string of the molecule is C/C(C=O)=C\CCC1=CC(c2c(I)oc([Si](C)(C)C(C)(C)C)c2C)O[Si](C(C)(C)C)(C(C)(C)C)OC1. The Morgan fingerprint density at radius 1 is 1.11 bits per heavy atom. The number of halogens is 1. The monoisotopic (exact) mass is 644 g/mol. The Kier molecular flexibility index (Phi) is 9.65. The lowest BCUT2D eigenvalue weighted by Crippen LogP contribution is -2.57. The van der Waals surface area contributed by atoms with Gasteiger partial charge in [0.05, 0.1) is 18.1 Å². The molecule has 0 radical (unpaired) electrons. The van der Waals surface area contributed by atoms with Gasteiger partial charge in [-0.05, 0) is 71.0 Å². The van der Waals surface area contributed by atoms with Gasteiger partial charge in [0.1, 0.15) is 14.4 Å². The van der Waals surface area contributed by atoms with Crippen LogP contribution in [-0.4, -0.2) is 29.5 Å². The van der Waals surface area contributed by atoms with E-state index in [0.717, 1.165) is 34.0 Å². The van der Waals surface area contributed by atoms with Crippen molar-refractivity contribution in [2.24, 2.45) is 0 Å². The zero-order chi connectivity index (χ0) is 27.9. The summed E-state index contributed by atoms with van der Waals surface area (Å²) in [5.41, 5.74) is 4.38. The third kappa shape index (κ3) is 6.21. The lowest BCUT2D eigenvalue weighted by Gasteiger charge is -2.49. The Labute approximate surface area is 236 Å². The summed E-state index contributed by atoms with van der Waals surface area (Å²) in [5.74, 6) is 0. The molecule has 4 nitrogen and oxygen atoms in total. The van der Waals surface area contributed by atoms with Crippen LogP contribution in [0.3, 0.4) is 0 Å². The number of carbonyl (C=O) groups is 1. The Morgan fingerprint density at radius 3 is 2.14 bits per heavy atom. The molecule has 1 atom stereocenters. The molecule has 36 heavy (non-hydrogen) atoms. The van der Waals surface area contributed by atoms with Crippen molar-refractivity contribution >= 4 is 50.9 Å². The van der Waals surface area contributed by atoms with Crippen molar-refractivity contribution < 1.29 is 18.1 Å². The molecule has 1 aliphatic rings. The number of furan rings is 1. The van der Waals surface area contributed by atoms with Gasteiger partial charge in [-0.1, -0.05) is 87.6 Å². The van der Waals surface area contributed by atoms with E-state index in [0.29, 0.717) is 6.61 Å². The highest BCUT2D eigenvalue weighted by atomic mass is 127. The maximum atomic E-state index is 11.1. The van der Waals surface area contributed by atoms with E-state index in [1.807, 2.05) is 13.0 Å². The highest BCUT2D eigenvalue weighted by Gasteiger charge is 2.60. The van der Waals surface area contributed by atoms with Crippen molar-refractivity contribution in [1.29, 1.82) is 0 Å². The zero-order valence-corrected chi connectivity index (χ0v) is 29.1. The fourth-order valence-corrected chi connectivity index (χ4v) is 13.3. The number of aldehydes is 1. The Balaban J connectivity index is 2.71. The predicted molar refractivity (Wildman–Crippen MR) is 165 cm³/mol. The molecule has 0 amide bonds. The average Bonchev–Trinajstić information content (AvgIpc) is 2.88.